The zero-order chi connectivity index (χ0) is 46.4. The smallest absolute Gasteiger partial charge is 0.362 e. The Morgan fingerprint density at radius 1 is 0.879 bits per heavy atom. The molecule has 4 aromatic rings. The zero-order valence-corrected chi connectivity index (χ0v) is 38.8. The van der Waals surface area contributed by atoms with E-state index >= 15 is 0 Å². The Kier molecular flexibility index (Phi) is 14.7. The van der Waals surface area contributed by atoms with Crippen LogP contribution in [0.25, 0.3) is 0 Å². The number of piperidine rings is 2. The molecule has 0 aliphatic carbocycles. The molecule has 0 spiro atoms. The molecule has 1 atom stereocenters. The molecule has 8 rings (SSSR count). The number of fused-ring (bicyclic) bond motifs is 1. The molecule has 5 N–H and O–H groups in total. The monoisotopic (exact) mass is 943 g/mol. The van der Waals surface area contributed by atoms with Crippen LogP contribution in [-0.4, -0.2) is 141 Å². The van der Waals surface area contributed by atoms with Gasteiger partial charge in [-0.05, 0) is 55.7 Å². The van der Waals surface area contributed by atoms with E-state index in [1.165, 1.54) is 25.3 Å². The normalized spacial score (nSPS) is 18.5. The number of nitrogens with one attached hydrogen (secondary N) is 5. The van der Waals surface area contributed by atoms with E-state index in [-0.39, 0.29) is 41.7 Å². The molecule has 66 heavy (non-hydrogen) atoms. The first-order valence-corrected chi connectivity index (χ1v) is 23.9. The maximum absolute atomic E-state index is 13.2. The number of halogens is 1. The van der Waals surface area contributed by atoms with E-state index < -0.39 is 19.5 Å². The summed E-state index contributed by atoms with van der Waals surface area (Å²) in [7, 11) is 0.705. The number of piperazine rings is 1. The van der Waals surface area contributed by atoms with Gasteiger partial charge in [-0.2, -0.15) is 4.98 Å². The lowest BCUT2D eigenvalue weighted by Crippen LogP contribution is -2.54. The predicted molar refractivity (Wildman–Crippen MR) is 252 cm³/mol. The highest BCUT2D eigenvalue weighted by Crippen LogP contribution is 2.47. The molecule has 3 saturated heterocycles. The molecular formula is C45H55ClN11O8P. The number of benzene rings is 3. The number of hydrogen-bond donors (Lipinski definition) is 5. The Labute approximate surface area is 388 Å². The molecule has 4 aliphatic heterocycles. The average Bonchev–Trinajstić information content (AvgIpc) is 3.67. The van der Waals surface area contributed by atoms with Crippen molar-refractivity contribution in [1.82, 2.24) is 35.3 Å². The zero-order valence-electron chi connectivity index (χ0n) is 37.2. The number of ether oxygens (including phenoxy) is 1. The van der Waals surface area contributed by atoms with Gasteiger partial charge in [0.2, 0.25) is 23.7 Å². The Hall–Kier alpha value is -5.82. The van der Waals surface area contributed by atoms with Crippen molar-refractivity contribution >= 4 is 82.6 Å². The van der Waals surface area contributed by atoms with Gasteiger partial charge in [-0.1, -0.05) is 29.8 Å². The number of anilines is 6. The summed E-state index contributed by atoms with van der Waals surface area (Å²) in [5.74, 6) is 0.193. The standard InChI is InChI=1S/C45H55ClN11O8P/c1-63-38-25-30(11-12-35(38)51-45-49-26-33(46)42(53-45)50-36-8-4-5-10-39(36)66(62,64-2)65-3)55-19-15-29(16-20-55)56-23-21-54(22-24-56)28-41(59)48-18-17-47-34-9-6-7-31-32(34)27-57(44(31)61)37-13-14-40(58)52-43(37)60/h4-12,25-26,29,37,47H,13-24,27-28H2,1-3H3,(H,48,59)(H,52,58,60)(H2,49,50,51,53). The minimum absolute atomic E-state index is 0.0312. The van der Waals surface area contributed by atoms with Crippen LogP contribution in [-0.2, 0) is 34.5 Å². The minimum atomic E-state index is -3.57. The van der Waals surface area contributed by atoms with Gasteiger partial charge in [0.25, 0.3) is 5.91 Å². The third-order valence-electron chi connectivity index (χ3n) is 12.6. The van der Waals surface area contributed by atoms with E-state index in [2.05, 4.69) is 57.3 Å². The second kappa shape index (κ2) is 20.8. The maximum atomic E-state index is 13.2. The summed E-state index contributed by atoms with van der Waals surface area (Å²) in [6, 6.07) is 18.2. The molecule has 0 bridgehead atoms. The van der Waals surface area contributed by atoms with Gasteiger partial charge >= 0.3 is 7.60 Å². The van der Waals surface area contributed by atoms with Crippen molar-refractivity contribution < 1.29 is 37.5 Å². The van der Waals surface area contributed by atoms with Gasteiger partial charge in [-0.3, -0.25) is 38.9 Å². The molecular weight excluding hydrogens is 889 g/mol. The summed E-state index contributed by atoms with van der Waals surface area (Å²) in [6.45, 7) is 6.74. The molecule has 1 unspecified atom stereocenters. The van der Waals surface area contributed by atoms with Crippen LogP contribution in [0.4, 0.5) is 34.5 Å². The minimum Gasteiger partial charge on any atom is -0.494 e. The summed E-state index contributed by atoms with van der Waals surface area (Å²) < 4.78 is 29.4. The van der Waals surface area contributed by atoms with Crippen LogP contribution in [0.15, 0.2) is 66.9 Å². The fourth-order valence-corrected chi connectivity index (χ4v) is 10.4. The number of hydrogen-bond acceptors (Lipinski definition) is 16. The van der Waals surface area contributed by atoms with Crippen molar-refractivity contribution in [3.63, 3.8) is 0 Å². The number of rotatable bonds is 17. The van der Waals surface area contributed by atoms with Crippen LogP contribution >= 0.6 is 19.2 Å². The van der Waals surface area contributed by atoms with Gasteiger partial charge in [-0.15, -0.1) is 0 Å². The maximum Gasteiger partial charge on any atom is 0.362 e. The van der Waals surface area contributed by atoms with Gasteiger partial charge in [-0.25, -0.2) is 4.98 Å². The topological polar surface area (TPSA) is 212 Å². The van der Waals surface area contributed by atoms with Crippen molar-refractivity contribution in [3.8, 4) is 5.75 Å². The first-order valence-electron chi connectivity index (χ1n) is 22.0. The van der Waals surface area contributed by atoms with Gasteiger partial charge in [0.05, 0.1) is 36.5 Å². The lowest BCUT2D eigenvalue weighted by Gasteiger charge is -2.43. The summed E-state index contributed by atoms with van der Waals surface area (Å²) in [5, 5.41) is 15.7. The molecule has 3 aromatic carbocycles. The van der Waals surface area contributed by atoms with Crippen molar-refractivity contribution in [3.05, 3.63) is 83.0 Å². The number of carbonyl (C=O) groups excluding carboxylic acids is 4. The number of amides is 4. The molecule has 5 heterocycles. The molecule has 4 amide bonds. The average molecular weight is 944 g/mol. The van der Waals surface area contributed by atoms with Gasteiger partial charge in [0.15, 0.2) is 5.82 Å². The van der Waals surface area contributed by atoms with Gasteiger partial charge in [0.1, 0.15) is 16.8 Å². The molecule has 4 aliphatic rings. The van der Waals surface area contributed by atoms with E-state index in [9.17, 15) is 23.7 Å². The first kappa shape index (κ1) is 46.7. The van der Waals surface area contributed by atoms with E-state index in [0.717, 1.165) is 69.0 Å². The van der Waals surface area contributed by atoms with Crippen molar-refractivity contribution in [2.45, 2.75) is 44.3 Å². The van der Waals surface area contributed by atoms with Gasteiger partial charge in [0, 0.05) is 114 Å². The molecule has 3 fully saturated rings. The summed E-state index contributed by atoms with van der Waals surface area (Å²) >= 11 is 6.49. The Morgan fingerprint density at radius 3 is 2.38 bits per heavy atom. The third-order valence-corrected chi connectivity index (χ3v) is 14.8. The summed E-state index contributed by atoms with van der Waals surface area (Å²) in [6.07, 6.45) is 4.03. The van der Waals surface area contributed by atoms with Crippen molar-refractivity contribution in [2.24, 2.45) is 0 Å². The van der Waals surface area contributed by atoms with E-state index in [4.69, 9.17) is 25.4 Å². The van der Waals surface area contributed by atoms with Crippen molar-refractivity contribution in [2.75, 3.05) is 101 Å². The number of para-hydroxylation sites is 1. The number of nitrogens with zero attached hydrogens (tertiary/aromatic N) is 6. The summed E-state index contributed by atoms with van der Waals surface area (Å²) in [4.78, 5) is 67.8. The Morgan fingerprint density at radius 2 is 1.64 bits per heavy atom. The number of aromatic nitrogens is 2. The molecule has 0 saturated carbocycles. The van der Waals surface area contributed by atoms with Crippen LogP contribution in [0.3, 0.4) is 0 Å². The quantitative estimate of drug-likeness (QED) is 0.0567. The molecule has 19 nitrogen and oxygen atoms in total. The molecule has 1 aromatic heterocycles. The van der Waals surface area contributed by atoms with Crippen LogP contribution in [0.1, 0.15) is 41.6 Å². The lowest BCUT2D eigenvalue weighted by atomic mass is 10.0. The van der Waals surface area contributed by atoms with E-state index in [1.54, 1.807) is 43.5 Å². The molecule has 350 valence electrons. The third kappa shape index (κ3) is 10.4. The Bertz CT molecular complexity index is 2490. The first-order chi connectivity index (χ1) is 32.0. The number of carbonyl (C=O) groups is 4. The number of methoxy groups -OCH3 is 1. The Balaban J connectivity index is 0.764. The fraction of sp³-hybridized carbons (Fsp3) is 0.422. The highest BCUT2D eigenvalue weighted by atomic mass is 35.5. The van der Waals surface area contributed by atoms with E-state index in [1.807, 2.05) is 18.2 Å². The lowest BCUT2D eigenvalue weighted by molar-refractivity contribution is -0.137. The highest BCUT2D eigenvalue weighted by Gasteiger charge is 2.40. The van der Waals surface area contributed by atoms with Crippen molar-refractivity contribution in [1.29, 1.82) is 0 Å². The second-order valence-corrected chi connectivity index (χ2v) is 19.1. The predicted octanol–water partition coefficient (Wildman–Crippen LogP) is 4.31. The van der Waals surface area contributed by atoms with Crippen LogP contribution in [0, 0.1) is 0 Å². The largest absolute Gasteiger partial charge is 0.494 e. The van der Waals surface area contributed by atoms with Crippen LogP contribution in [0.5, 0.6) is 5.75 Å². The van der Waals surface area contributed by atoms with Crippen LogP contribution in [0.2, 0.25) is 5.02 Å². The SMILES string of the molecule is COc1cc(N2CCC(N3CCN(CC(=O)NCCNc4cccc5c4CN(C4CCC(=O)NC4=O)C5=O)CC3)CC2)ccc1Nc1ncc(Cl)c(Nc2ccccc2P(=O)(OC)OC)n1. The second-order valence-electron chi connectivity index (χ2n) is 16.4. The van der Waals surface area contributed by atoms with Gasteiger partial charge < -0.3 is 44.9 Å². The molecule has 0 radical (unpaired) electrons. The van der Waals surface area contributed by atoms with Crippen LogP contribution < -0.4 is 41.5 Å². The highest BCUT2D eigenvalue weighted by molar-refractivity contribution is 7.62. The summed E-state index contributed by atoms with van der Waals surface area (Å²) in [5.41, 5.74) is 4.33. The van der Waals surface area contributed by atoms with E-state index in [0.29, 0.717) is 65.9 Å². The number of imide groups is 1. The molecule has 21 heteroatoms. The fourth-order valence-electron chi connectivity index (χ4n) is 9.02.